The minimum absolute atomic E-state index is 0.0400. The Labute approximate surface area is 176 Å². The standard InChI is InChI=1S/C20H23ClN4O3S/c1-28-15-4-3-12-9-25(10-13(12)16(15)21)19-22-14-5-8-29(27)17(14)18(23-19)24-20(11-26)6-2-7-20/h3-4,26H,2,5-11H2,1H3,(H,22,23,24). The van der Waals surface area contributed by atoms with Gasteiger partial charge >= 0.3 is 0 Å². The molecule has 1 saturated carbocycles. The highest BCUT2D eigenvalue weighted by molar-refractivity contribution is 7.85. The van der Waals surface area contributed by atoms with Crippen molar-refractivity contribution >= 4 is 34.2 Å². The number of rotatable bonds is 5. The van der Waals surface area contributed by atoms with Crippen molar-refractivity contribution in [2.45, 2.75) is 49.2 Å². The summed E-state index contributed by atoms with van der Waals surface area (Å²) in [6.45, 7) is 1.29. The third-order valence-electron chi connectivity index (χ3n) is 6.19. The van der Waals surface area contributed by atoms with Gasteiger partial charge in [-0.1, -0.05) is 17.7 Å². The van der Waals surface area contributed by atoms with Gasteiger partial charge in [-0.3, -0.25) is 4.21 Å². The fourth-order valence-electron chi connectivity index (χ4n) is 4.30. The Morgan fingerprint density at radius 1 is 1.34 bits per heavy atom. The number of aliphatic hydroxyl groups is 1. The molecule has 0 spiro atoms. The number of fused-ring (bicyclic) bond motifs is 2. The average Bonchev–Trinajstić information content (AvgIpc) is 3.29. The topological polar surface area (TPSA) is 87.6 Å². The van der Waals surface area contributed by atoms with Gasteiger partial charge in [-0.25, -0.2) is 4.98 Å². The SMILES string of the molecule is COc1ccc2c(c1Cl)CN(c1nc3c(c(NC4(CO)CCC4)n1)S(=O)CC3)C2. The molecule has 29 heavy (non-hydrogen) atoms. The Bertz CT molecular complexity index is 1010. The van der Waals surface area contributed by atoms with Crippen LogP contribution in [0.4, 0.5) is 11.8 Å². The summed E-state index contributed by atoms with van der Waals surface area (Å²) in [6, 6.07) is 3.91. The van der Waals surface area contributed by atoms with Gasteiger partial charge in [0.1, 0.15) is 16.5 Å². The van der Waals surface area contributed by atoms with Gasteiger partial charge in [0.05, 0.1) is 40.8 Å². The van der Waals surface area contributed by atoms with Crippen molar-refractivity contribution in [3.8, 4) is 5.75 Å². The maximum absolute atomic E-state index is 12.6. The molecule has 1 fully saturated rings. The maximum Gasteiger partial charge on any atom is 0.228 e. The number of ether oxygens (including phenoxy) is 1. The Kier molecular flexibility index (Phi) is 4.68. The molecule has 3 aliphatic rings. The minimum atomic E-state index is -1.11. The lowest BCUT2D eigenvalue weighted by Gasteiger charge is -2.41. The van der Waals surface area contributed by atoms with E-state index in [0.29, 0.717) is 52.7 Å². The van der Waals surface area contributed by atoms with E-state index in [2.05, 4.69) is 10.2 Å². The molecule has 9 heteroatoms. The second-order valence-electron chi connectivity index (χ2n) is 7.94. The van der Waals surface area contributed by atoms with Gasteiger partial charge in [-0.05, 0) is 36.5 Å². The molecule has 1 aliphatic carbocycles. The Morgan fingerprint density at radius 2 is 2.17 bits per heavy atom. The van der Waals surface area contributed by atoms with E-state index in [-0.39, 0.29) is 12.1 Å². The molecule has 1 aromatic heterocycles. The molecule has 3 heterocycles. The van der Waals surface area contributed by atoms with Gasteiger partial charge < -0.3 is 20.1 Å². The minimum Gasteiger partial charge on any atom is -0.495 e. The van der Waals surface area contributed by atoms with Crippen LogP contribution in [0.3, 0.4) is 0 Å². The fourth-order valence-corrected chi connectivity index (χ4v) is 5.92. The number of hydrogen-bond acceptors (Lipinski definition) is 7. The van der Waals surface area contributed by atoms with E-state index in [9.17, 15) is 9.32 Å². The number of aryl methyl sites for hydroxylation is 1. The highest BCUT2D eigenvalue weighted by atomic mass is 35.5. The number of benzene rings is 1. The predicted octanol–water partition coefficient (Wildman–Crippen LogP) is 2.65. The van der Waals surface area contributed by atoms with Crippen LogP contribution in [-0.2, 0) is 30.3 Å². The highest BCUT2D eigenvalue weighted by Gasteiger charge is 2.39. The van der Waals surface area contributed by atoms with Crippen LogP contribution in [0.2, 0.25) is 5.02 Å². The van der Waals surface area contributed by atoms with Crippen LogP contribution in [-0.4, -0.2) is 44.3 Å². The number of nitrogens with one attached hydrogen (secondary N) is 1. The molecule has 2 aromatic rings. The molecule has 7 nitrogen and oxygen atoms in total. The molecule has 0 saturated heterocycles. The molecule has 1 aromatic carbocycles. The molecule has 0 amide bonds. The van der Waals surface area contributed by atoms with Crippen LogP contribution in [0.15, 0.2) is 17.0 Å². The lowest BCUT2D eigenvalue weighted by Crippen LogP contribution is -2.48. The first-order chi connectivity index (χ1) is 14.0. The molecule has 0 radical (unpaired) electrons. The third-order valence-corrected chi connectivity index (χ3v) is 8.06. The van der Waals surface area contributed by atoms with Crippen LogP contribution in [0.25, 0.3) is 0 Å². The fraction of sp³-hybridized carbons (Fsp3) is 0.500. The van der Waals surface area contributed by atoms with Gasteiger partial charge in [-0.2, -0.15) is 4.98 Å². The smallest absolute Gasteiger partial charge is 0.228 e. The molecule has 0 bridgehead atoms. The molecule has 1 unspecified atom stereocenters. The number of hydrogen-bond donors (Lipinski definition) is 2. The summed E-state index contributed by atoms with van der Waals surface area (Å²) in [5, 5.41) is 13.9. The van der Waals surface area contributed by atoms with E-state index >= 15 is 0 Å². The zero-order valence-corrected chi connectivity index (χ0v) is 17.8. The number of aliphatic hydroxyl groups excluding tert-OH is 1. The number of nitrogens with zero attached hydrogens (tertiary/aromatic N) is 3. The van der Waals surface area contributed by atoms with Crippen LogP contribution in [0.1, 0.15) is 36.1 Å². The van der Waals surface area contributed by atoms with Gasteiger partial charge in [0.25, 0.3) is 0 Å². The molecular weight excluding hydrogens is 412 g/mol. The van der Waals surface area contributed by atoms with Crippen molar-refractivity contribution < 1.29 is 14.1 Å². The van der Waals surface area contributed by atoms with Crippen molar-refractivity contribution in [1.82, 2.24) is 9.97 Å². The number of anilines is 2. The summed E-state index contributed by atoms with van der Waals surface area (Å²) in [6.07, 6.45) is 3.51. The quantitative estimate of drug-likeness (QED) is 0.747. The molecular formula is C20H23ClN4O3S. The summed E-state index contributed by atoms with van der Waals surface area (Å²) in [7, 11) is 0.504. The van der Waals surface area contributed by atoms with E-state index in [0.717, 1.165) is 36.1 Å². The van der Waals surface area contributed by atoms with Gasteiger partial charge in [-0.15, -0.1) is 0 Å². The van der Waals surface area contributed by atoms with Crippen molar-refractivity contribution in [3.63, 3.8) is 0 Å². The van der Waals surface area contributed by atoms with Crippen molar-refractivity contribution in [1.29, 1.82) is 0 Å². The molecule has 1 atom stereocenters. The largest absolute Gasteiger partial charge is 0.495 e. The number of methoxy groups -OCH3 is 1. The van der Waals surface area contributed by atoms with E-state index in [4.69, 9.17) is 26.3 Å². The first-order valence-electron chi connectivity index (χ1n) is 9.81. The Balaban J connectivity index is 1.51. The lowest BCUT2D eigenvalue weighted by molar-refractivity contribution is 0.143. The van der Waals surface area contributed by atoms with E-state index in [1.54, 1.807) is 7.11 Å². The summed E-state index contributed by atoms with van der Waals surface area (Å²) < 4.78 is 17.9. The van der Waals surface area contributed by atoms with Crippen molar-refractivity contribution in [2.24, 2.45) is 0 Å². The Morgan fingerprint density at radius 3 is 2.86 bits per heavy atom. The monoisotopic (exact) mass is 434 g/mol. The van der Waals surface area contributed by atoms with E-state index < -0.39 is 10.8 Å². The zero-order chi connectivity index (χ0) is 20.2. The summed E-state index contributed by atoms with van der Waals surface area (Å²) in [5.41, 5.74) is 2.63. The van der Waals surface area contributed by atoms with Crippen molar-refractivity contribution in [3.05, 3.63) is 34.0 Å². The Hall–Kier alpha value is -1.90. The highest BCUT2D eigenvalue weighted by Crippen LogP contribution is 2.40. The van der Waals surface area contributed by atoms with Crippen LogP contribution in [0.5, 0.6) is 5.75 Å². The number of aromatic nitrogens is 2. The second-order valence-corrected chi connectivity index (χ2v) is 9.83. The van der Waals surface area contributed by atoms with Gasteiger partial charge in [0, 0.05) is 25.3 Å². The lowest BCUT2D eigenvalue weighted by atomic mass is 9.77. The maximum atomic E-state index is 12.6. The first kappa shape index (κ1) is 19.1. The first-order valence-corrected chi connectivity index (χ1v) is 11.5. The predicted molar refractivity (Wildman–Crippen MR) is 112 cm³/mol. The number of halogens is 1. The van der Waals surface area contributed by atoms with E-state index in [1.807, 2.05) is 12.1 Å². The van der Waals surface area contributed by atoms with E-state index in [1.165, 1.54) is 0 Å². The van der Waals surface area contributed by atoms with Gasteiger partial charge in [0.15, 0.2) is 0 Å². The average molecular weight is 435 g/mol. The summed E-state index contributed by atoms with van der Waals surface area (Å²) in [5.74, 6) is 2.44. The molecule has 2 N–H and O–H groups in total. The van der Waals surface area contributed by atoms with Crippen molar-refractivity contribution in [2.75, 3.05) is 29.7 Å². The van der Waals surface area contributed by atoms with Crippen LogP contribution >= 0.6 is 11.6 Å². The normalized spacial score (nSPS) is 21.5. The van der Waals surface area contributed by atoms with Crippen LogP contribution in [0, 0.1) is 0 Å². The molecule has 2 aliphatic heterocycles. The summed E-state index contributed by atoms with van der Waals surface area (Å²) in [4.78, 5) is 12.3. The second kappa shape index (κ2) is 7.11. The summed E-state index contributed by atoms with van der Waals surface area (Å²) >= 11 is 6.51. The zero-order valence-electron chi connectivity index (χ0n) is 16.2. The third kappa shape index (κ3) is 3.08. The van der Waals surface area contributed by atoms with Gasteiger partial charge in [0.2, 0.25) is 5.95 Å². The van der Waals surface area contributed by atoms with Crippen LogP contribution < -0.4 is 15.0 Å². The molecule has 154 valence electrons. The molecule has 5 rings (SSSR count).